The molecule has 4 aromatic heterocycles. The smallest absolute Gasteiger partial charge is 0.0893 e. The zero-order valence-electron chi connectivity index (χ0n) is 40.2. The van der Waals surface area contributed by atoms with Crippen LogP contribution in [-0.2, 0) is 0 Å². The topological polar surface area (TPSA) is 51.6 Å². The highest BCUT2D eigenvalue weighted by Gasteiger charge is 2.31. The van der Waals surface area contributed by atoms with Crippen molar-refractivity contribution in [2.45, 2.75) is 0 Å². The van der Waals surface area contributed by atoms with Crippen LogP contribution in [-0.4, -0.2) is 19.9 Å². The van der Waals surface area contributed by atoms with Gasteiger partial charge in [0.05, 0.1) is 34.2 Å². The van der Waals surface area contributed by atoms with Gasteiger partial charge < -0.3 is 0 Å². The molecule has 344 valence electrons. The first-order valence-electron chi connectivity index (χ1n) is 25.1. The second kappa shape index (κ2) is 18.1. The van der Waals surface area contributed by atoms with Gasteiger partial charge in [0.1, 0.15) is 0 Å². The van der Waals surface area contributed by atoms with Gasteiger partial charge in [0.15, 0.2) is 0 Å². The summed E-state index contributed by atoms with van der Waals surface area (Å²) in [6, 6.07) is 91.3. The third-order valence-electron chi connectivity index (χ3n) is 14.5. The first-order chi connectivity index (χ1) is 36.7. The molecule has 0 radical (unpaired) electrons. The average Bonchev–Trinajstić information content (AvgIpc) is 3.89. The molecule has 9 aromatic carbocycles. The van der Waals surface area contributed by atoms with Crippen molar-refractivity contribution in [2.75, 3.05) is 0 Å². The zero-order chi connectivity index (χ0) is 49.0. The lowest BCUT2D eigenvalue weighted by Crippen LogP contribution is -1.93. The van der Waals surface area contributed by atoms with E-state index in [4.69, 9.17) is 9.97 Å². The fourth-order valence-electron chi connectivity index (χ4n) is 11.1. The quantitative estimate of drug-likeness (QED) is 0.145. The Kier molecular flexibility index (Phi) is 10.5. The van der Waals surface area contributed by atoms with E-state index in [0.717, 1.165) is 73.1 Å². The third-order valence-corrected chi connectivity index (χ3v) is 14.5. The summed E-state index contributed by atoms with van der Waals surface area (Å²) < 4.78 is 0. The standard InChI is InChI=1S/C70H44N4/c1-3-16-49(17-4-1)66-56-20-7-8-21-57(56)67(50-18-5-2-6-19-50)70-59-39-38-54(55-22-13-23-58(68(55)59)69(66)70)53-43-51(45-30-34-47(35-31-45)60-26-14-28-64(73-60)62-24-9-11-40-71-62)42-52(44-53)46-32-36-48(37-33-46)61-27-15-29-65(74-61)63-25-10-12-41-72-63/h1-44H. The van der Waals surface area contributed by atoms with Gasteiger partial charge in [0, 0.05) is 23.5 Å². The van der Waals surface area contributed by atoms with E-state index in [1.165, 1.54) is 71.6 Å². The minimum atomic E-state index is 0.849. The molecule has 0 saturated heterocycles. The molecule has 4 heterocycles. The maximum atomic E-state index is 5.03. The van der Waals surface area contributed by atoms with Crippen LogP contribution in [0.1, 0.15) is 0 Å². The Bertz CT molecular complexity index is 4010. The highest BCUT2D eigenvalue weighted by molar-refractivity contribution is 6.28. The predicted molar refractivity (Wildman–Crippen MR) is 306 cm³/mol. The number of hydrogen-bond acceptors (Lipinski definition) is 4. The normalized spacial score (nSPS) is 11.5. The summed E-state index contributed by atoms with van der Waals surface area (Å²) >= 11 is 0. The molecule has 0 saturated carbocycles. The lowest BCUT2D eigenvalue weighted by Gasteiger charge is -2.20. The number of benzene rings is 9. The molecule has 1 aliphatic carbocycles. The molecule has 0 unspecified atom stereocenters. The summed E-state index contributed by atoms with van der Waals surface area (Å²) in [7, 11) is 0. The second-order valence-corrected chi connectivity index (χ2v) is 18.9. The van der Waals surface area contributed by atoms with Gasteiger partial charge in [0.2, 0.25) is 0 Å². The van der Waals surface area contributed by atoms with Crippen LogP contribution >= 0.6 is 0 Å². The molecule has 4 nitrogen and oxygen atoms in total. The molecule has 0 amide bonds. The Morgan fingerprint density at radius 3 is 1.09 bits per heavy atom. The molecule has 0 atom stereocenters. The van der Waals surface area contributed by atoms with Gasteiger partial charge in [0.25, 0.3) is 0 Å². The number of fused-ring (bicyclic) bond motifs is 4. The molecule has 0 fully saturated rings. The molecule has 14 rings (SSSR count). The third kappa shape index (κ3) is 7.48. The SMILES string of the molecule is c1ccc(-c2c3c(c(-c4ccccc4)c4ccccc24)-c2ccc(-c4cc(-c5ccc(-c6cccc(-c7ccccn7)n6)cc5)cc(-c5ccc(-c6cccc(-c7ccccn7)n6)cc5)c4)c4cccc-3c24)cc1. The monoisotopic (exact) mass is 940 g/mol. The number of pyridine rings is 4. The molecular weight excluding hydrogens is 897 g/mol. The van der Waals surface area contributed by atoms with Gasteiger partial charge in [-0.3, -0.25) is 9.97 Å². The highest BCUT2D eigenvalue weighted by atomic mass is 14.8. The minimum absolute atomic E-state index is 0.849. The Morgan fingerprint density at radius 1 is 0.203 bits per heavy atom. The summed E-state index contributed by atoms with van der Waals surface area (Å²) in [6.07, 6.45) is 3.62. The summed E-state index contributed by atoms with van der Waals surface area (Å²) in [5, 5.41) is 5.02. The van der Waals surface area contributed by atoms with E-state index in [0.29, 0.717) is 0 Å². The van der Waals surface area contributed by atoms with E-state index in [1.807, 2.05) is 60.9 Å². The lowest BCUT2D eigenvalue weighted by molar-refractivity contribution is 1.25. The van der Waals surface area contributed by atoms with Gasteiger partial charge in [-0.2, -0.15) is 0 Å². The maximum Gasteiger partial charge on any atom is 0.0893 e. The van der Waals surface area contributed by atoms with Crippen molar-refractivity contribution in [1.29, 1.82) is 0 Å². The van der Waals surface area contributed by atoms with Gasteiger partial charge in [-0.15, -0.1) is 0 Å². The Balaban J connectivity index is 0.935. The molecule has 0 spiro atoms. The molecule has 0 N–H and O–H groups in total. The average molecular weight is 941 g/mol. The van der Waals surface area contributed by atoms with Gasteiger partial charge in [-0.25, -0.2) is 9.97 Å². The summed E-state index contributed by atoms with van der Waals surface area (Å²) in [5.74, 6) is 0. The predicted octanol–water partition coefficient (Wildman–Crippen LogP) is 18.2. The zero-order valence-corrected chi connectivity index (χ0v) is 40.2. The van der Waals surface area contributed by atoms with E-state index >= 15 is 0 Å². The molecule has 74 heavy (non-hydrogen) atoms. The van der Waals surface area contributed by atoms with Crippen LogP contribution < -0.4 is 0 Å². The molecule has 13 aromatic rings. The molecule has 0 aliphatic heterocycles. The van der Waals surface area contributed by atoms with Crippen molar-refractivity contribution in [1.82, 2.24) is 19.9 Å². The summed E-state index contributed by atoms with van der Waals surface area (Å²) in [6.45, 7) is 0. The van der Waals surface area contributed by atoms with Gasteiger partial charge >= 0.3 is 0 Å². The Morgan fingerprint density at radius 2 is 0.595 bits per heavy atom. The van der Waals surface area contributed by atoms with Crippen LogP contribution in [0.25, 0.3) is 145 Å². The van der Waals surface area contributed by atoms with Crippen LogP contribution in [0.15, 0.2) is 267 Å². The maximum absolute atomic E-state index is 5.03. The van der Waals surface area contributed by atoms with E-state index in [2.05, 4.69) is 216 Å². The van der Waals surface area contributed by atoms with Crippen molar-refractivity contribution in [2.24, 2.45) is 0 Å². The first-order valence-corrected chi connectivity index (χ1v) is 25.1. The number of hydrogen-bond donors (Lipinski definition) is 0. The molecule has 1 aliphatic rings. The number of nitrogens with zero attached hydrogens (tertiary/aromatic N) is 4. The Labute approximate surface area is 429 Å². The summed E-state index contributed by atoms with van der Waals surface area (Å²) in [4.78, 5) is 19.2. The van der Waals surface area contributed by atoms with Crippen molar-refractivity contribution in [3.8, 4) is 123 Å². The van der Waals surface area contributed by atoms with Crippen LogP contribution in [0.4, 0.5) is 0 Å². The first kappa shape index (κ1) is 42.9. The Hall–Kier alpha value is -9.90. The number of aromatic nitrogens is 4. The van der Waals surface area contributed by atoms with Crippen LogP contribution in [0.5, 0.6) is 0 Å². The van der Waals surface area contributed by atoms with Crippen molar-refractivity contribution < 1.29 is 0 Å². The van der Waals surface area contributed by atoms with Crippen molar-refractivity contribution >= 4 is 21.5 Å². The van der Waals surface area contributed by atoms with Crippen LogP contribution in [0.2, 0.25) is 0 Å². The molecule has 4 heteroatoms. The van der Waals surface area contributed by atoms with Crippen molar-refractivity contribution in [3.05, 3.63) is 267 Å². The van der Waals surface area contributed by atoms with Gasteiger partial charge in [-0.05, 0) is 166 Å². The largest absolute Gasteiger partial charge is 0.255 e. The van der Waals surface area contributed by atoms with Gasteiger partial charge in [-0.1, -0.05) is 188 Å². The summed E-state index contributed by atoms with van der Waals surface area (Å²) in [5.41, 5.74) is 24.2. The van der Waals surface area contributed by atoms with E-state index < -0.39 is 0 Å². The lowest BCUT2D eigenvalue weighted by atomic mass is 9.82. The van der Waals surface area contributed by atoms with E-state index in [9.17, 15) is 0 Å². The second-order valence-electron chi connectivity index (χ2n) is 18.9. The van der Waals surface area contributed by atoms with E-state index in [-0.39, 0.29) is 0 Å². The van der Waals surface area contributed by atoms with Crippen molar-refractivity contribution in [3.63, 3.8) is 0 Å². The minimum Gasteiger partial charge on any atom is -0.255 e. The van der Waals surface area contributed by atoms with Crippen LogP contribution in [0.3, 0.4) is 0 Å². The fourth-order valence-corrected chi connectivity index (χ4v) is 11.1. The molecular formula is C70H44N4. The highest BCUT2D eigenvalue weighted by Crippen LogP contribution is 2.58. The molecule has 0 bridgehead atoms. The fraction of sp³-hybridized carbons (Fsp3) is 0. The van der Waals surface area contributed by atoms with Crippen LogP contribution in [0, 0.1) is 0 Å². The van der Waals surface area contributed by atoms with E-state index in [1.54, 1.807) is 0 Å². The number of rotatable bonds is 9.